The van der Waals surface area contributed by atoms with Crippen molar-refractivity contribution in [1.82, 2.24) is 29.4 Å². The summed E-state index contributed by atoms with van der Waals surface area (Å²) in [5.74, 6) is -0.0396. The van der Waals surface area contributed by atoms with Crippen molar-refractivity contribution in [3.8, 4) is 0 Å². The molecule has 0 saturated heterocycles. The number of aryl methyl sites for hydroxylation is 1. The van der Waals surface area contributed by atoms with Crippen molar-refractivity contribution < 1.29 is 4.79 Å². The first kappa shape index (κ1) is 21.8. The summed E-state index contributed by atoms with van der Waals surface area (Å²) in [5.41, 5.74) is 5.74. The number of benzene rings is 1. The number of aromatic amines is 1. The van der Waals surface area contributed by atoms with Crippen molar-refractivity contribution in [3.63, 3.8) is 0 Å². The van der Waals surface area contributed by atoms with E-state index in [1.165, 1.54) is 11.1 Å². The van der Waals surface area contributed by atoms with Crippen LogP contribution < -0.4 is 0 Å². The molecule has 0 fully saturated rings. The molecule has 0 radical (unpaired) electrons. The van der Waals surface area contributed by atoms with E-state index < -0.39 is 0 Å². The molecule has 0 aliphatic carbocycles. The van der Waals surface area contributed by atoms with Crippen LogP contribution in [0.3, 0.4) is 0 Å². The highest BCUT2D eigenvalue weighted by molar-refractivity contribution is 5.94. The maximum atomic E-state index is 13.4. The van der Waals surface area contributed by atoms with Crippen LogP contribution in [-0.4, -0.2) is 62.5 Å². The van der Waals surface area contributed by atoms with Crippen LogP contribution in [-0.2, 0) is 19.4 Å². The number of imidazole rings is 1. The lowest BCUT2D eigenvalue weighted by molar-refractivity contribution is 0.0789. The molecule has 0 aliphatic heterocycles. The molecule has 4 aromatic rings. The number of nitrogens with one attached hydrogen (secondary N) is 1. The van der Waals surface area contributed by atoms with E-state index in [2.05, 4.69) is 38.7 Å². The summed E-state index contributed by atoms with van der Waals surface area (Å²) in [6.45, 7) is 4.17. The van der Waals surface area contributed by atoms with Crippen LogP contribution in [0.5, 0.6) is 0 Å². The van der Waals surface area contributed by atoms with E-state index in [-0.39, 0.29) is 5.91 Å². The molecule has 0 atom stereocenters. The summed E-state index contributed by atoms with van der Waals surface area (Å²) in [4.78, 5) is 22.2. The van der Waals surface area contributed by atoms with E-state index in [1.807, 2.05) is 62.9 Å². The fourth-order valence-electron chi connectivity index (χ4n) is 3.87. The van der Waals surface area contributed by atoms with Gasteiger partial charge in [0.2, 0.25) is 0 Å². The second kappa shape index (κ2) is 9.78. The van der Waals surface area contributed by atoms with Crippen LogP contribution in [0.2, 0.25) is 0 Å². The summed E-state index contributed by atoms with van der Waals surface area (Å²) >= 11 is 0. The lowest BCUT2D eigenvalue weighted by atomic mass is 10.1. The van der Waals surface area contributed by atoms with Crippen molar-refractivity contribution in [2.45, 2.75) is 26.3 Å². The molecule has 0 spiro atoms. The molecule has 0 saturated carbocycles. The van der Waals surface area contributed by atoms with Crippen molar-refractivity contribution in [3.05, 3.63) is 89.1 Å². The van der Waals surface area contributed by atoms with Crippen molar-refractivity contribution in [2.75, 3.05) is 27.2 Å². The lowest BCUT2D eigenvalue weighted by Gasteiger charge is -2.19. The lowest BCUT2D eigenvalue weighted by Crippen LogP contribution is -2.31. The Morgan fingerprint density at radius 3 is 2.56 bits per heavy atom. The molecular weight excluding hydrogens is 400 g/mol. The highest BCUT2D eigenvalue weighted by Crippen LogP contribution is 2.19. The van der Waals surface area contributed by atoms with E-state index in [0.29, 0.717) is 18.8 Å². The molecule has 3 heterocycles. The maximum Gasteiger partial charge on any atom is 0.274 e. The largest absolute Gasteiger partial charge is 0.340 e. The Morgan fingerprint density at radius 2 is 1.81 bits per heavy atom. The first-order valence-corrected chi connectivity index (χ1v) is 10.9. The molecule has 1 amide bonds. The van der Waals surface area contributed by atoms with Gasteiger partial charge in [-0.1, -0.05) is 36.4 Å². The summed E-state index contributed by atoms with van der Waals surface area (Å²) in [5, 5.41) is 6.87. The fraction of sp³-hybridized carbons (Fsp3) is 0.320. The molecule has 166 valence electrons. The van der Waals surface area contributed by atoms with Gasteiger partial charge in [0.25, 0.3) is 5.91 Å². The molecular formula is C25H30N6O. The minimum atomic E-state index is -0.0396. The van der Waals surface area contributed by atoms with Gasteiger partial charge in [-0.15, -0.1) is 0 Å². The Morgan fingerprint density at radius 1 is 1.03 bits per heavy atom. The minimum absolute atomic E-state index is 0.0396. The molecule has 7 nitrogen and oxygen atoms in total. The van der Waals surface area contributed by atoms with Crippen molar-refractivity contribution in [1.29, 1.82) is 0 Å². The second-order valence-electron chi connectivity index (χ2n) is 8.35. The Balaban J connectivity index is 1.54. The highest BCUT2D eigenvalue weighted by Gasteiger charge is 2.23. The van der Waals surface area contributed by atoms with Gasteiger partial charge >= 0.3 is 0 Å². The van der Waals surface area contributed by atoms with E-state index in [4.69, 9.17) is 4.98 Å². The first-order chi connectivity index (χ1) is 15.5. The van der Waals surface area contributed by atoms with E-state index in [0.717, 1.165) is 36.3 Å². The average Bonchev–Trinajstić information content (AvgIpc) is 3.45. The zero-order valence-electron chi connectivity index (χ0n) is 19.0. The molecule has 32 heavy (non-hydrogen) atoms. The minimum Gasteiger partial charge on any atom is -0.340 e. The van der Waals surface area contributed by atoms with Crippen LogP contribution in [0.4, 0.5) is 0 Å². The molecule has 4 rings (SSSR count). The normalized spacial score (nSPS) is 11.4. The topological polar surface area (TPSA) is 69.5 Å². The van der Waals surface area contributed by atoms with Gasteiger partial charge in [0.05, 0.1) is 11.9 Å². The monoisotopic (exact) mass is 430 g/mol. The maximum absolute atomic E-state index is 13.4. The van der Waals surface area contributed by atoms with Crippen LogP contribution in [0, 0.1) is 6.92 Å². The Kier molecular flexibility index (Phi) is 6.66. The number of aromatic nitrogens is 4. The Bertz CT molecular complexity index is 1170. The van der Waals surface area contributed by atoms with Gasteiger partial charge in [-0.3, -0.25) is 9.89 Å². The van der Waals surface area contributed by atoms with Gasteiger partial charge in [-0.05, 0) is 49.6 Å². The SMILES string of the molecule is Cc1cccn2c(CN(C)CCc3cn[nH]c3)c(C(=O)N(C)CCc3ccccc3)nc12. The second-order valence-corrected chi connectivity index (χ2v) is 8.35. The number of hydrogen-bond acceptors (Lipinski definition) is 4. The summed E-state index contributed by atoms with van der Waals surface area (Å²) in [6.07, 6.45) is 7.47. The number of rotatable bonds is 9. The third-order valence-electron chi connectivity index (χ3n) is 5.83. The van der Waals surface area contributed by atoms with Gasteiger partial charge in [0.15, 0.2) is 5.69 Å². The van der Waals surface area contributed by atoms with Crippen LogP contribution in [0.15, 0.2) is 61.1 Å². The molecule has 0 unspecified atom stereocenters. The predicted octanol–water partition coefficient (Wildman–Crippen LogP) is 3.36. The van der Waals surface area contributed by atoms with E-state index in [9.17, 15) is 4.79 Å². The number of pyridine rings is 1. The zero-order valence-corrected chi connectivity index (χ0v) is 19.0. The number of amides is 1. The number of carbonyl (C=O) groups excluding carboxylic acids is 1. The number of hydrogen-bond donors (Lipinski definition) is 1. The van der Waals surface area contributed by atoms with E-state index >= 15 is 0 Å². The quantitative estimate of drug-likeness (QED) is 0.442. The molecule has 3 aromatic heterocycles. The van der Waals surface area contributed by atoms with Gasteiger partial charge in [0, 0.05) is 39.1 Å². The molecule has 1 N–H and O–H groups in total. The summed E-state index contributed by atoms with van der Waals surface area (Å²) in [6, 6.07) is 14.3. The smallest absolute Gasteiger partial charge is 0.274 e. The molecule has 7 heteroatoms. The summed E-state index contributed by atoms with van der Waals surface area (Å²) in [7, 11) is 3.93. The third kappa shape index (κ3) is 4.89. The molecule has 0 bridgehead atoms. The van der Waals surface area contributed by atoms with Crippen LogP contribution in [0.1, 0.15) is 32.9 Å². The van der Waals surface area contributed by atoms with Gasteiger partial charge in [-0.2, -0.15) is 5.10 Å². The number of H-pyrrole nitrogens is 1. The van der Waals surface area contributed by atoms with E-state index in [1.54, 1.807) is 4.90 Å². The highest BCUT2D eigenvalue weighted by atomic mass is 16.2. The van der Waals surface area contributed by atoms with Gasteiger partial charge < -0.3 is 14.2 Å². The predicted molar refractivity (Wildman–Crippen MR) is 126 cm³/mol. The zero-order chi connectivity index (χ0) is 22.5. The fourth-order valence-corrected chi connectivity index (χ4v) is 3.87. The number of carbonyl (C=O) groups is 1. The van der Waals surface area contributed by atoms with Crippen molar-refractivity contribution in [2.24, 2.45) is 0 Å². The summed E-state index contributed by atoms with van der Waals surface area (Å²) < 4.78 is 2.06. The number of fused-ring (bicyclic) bond motifs is 1. The number of nitrogens with zero attached hydrogens (tertiary/aromatic N) is 5. The van der Waals surface area contributed by atoms with Crippen molar-refractivity contribution >= 4 is 11.6 Å². The third-order valence-corrected chi connectivity index (χ3v) is 5.83. The number of likely N-dealkylation sites (N-methyl/N-ethyl adjacent to an activating group) is 2. The molecule has 0 aliphatic rings. The van der Waals surface area contributed by atoms with Crippen LogP contribution >= 0.6 is 0 Å². The molecule has 1 aromatic carbocycles. The Labute approximate surface area is 188 Å². The van der Waals surface area contributed by atoms with Gasteiger partial charge in [-0.25, -0.2) is 4.98 Å². The van der Waals surface area contributed by atoms with Gasteiger partial charge in [0.1, 0.15) is 5.65 Å². The Hall–Kier alpha value is -3.45. The first-order valence-electron chi connectivity index (χ1n) is 10.9. The standard InChI is InChI=1S/C25H30N6O/c1-19-8-7-13-31-22(18-29(2)14-11-21-16-26-27-17-21)23(28-24(19)31)25(32)30(3)15-12-20-9-5-4-6-10-20/h4-10,13,16-17H,11-12,14-15,18H2,1-3H3,(H,26,27). The average molecular weight is 431 g/mol. The van der Waals surface area contributed by atoms with Crippen LogP contribution in [0.25, 0.3) is 5.65 Å².